The van der Waals surface area contributed by atoms with Crippen LogP contribution in [0.2, 0.25) is 5.02 Å². The van der Waals surface area contributed by atoms with Gasteiger partial charge in [0.1, 0.15) is 11.5 Å². The number of amides is 1. The van der Waals surface area contributed by atoms with Gasteiger partial charge in [-0.2, -0.15) is 5.10 Å². The number of nitrogens with zero attached hydrogens (tertiary/aromatic N) is 3. The fourth-order valence-corrected chi connectivity index (χ4v) is 2.94. The van der Waals surface area contributed by atoms with Gasteiger partial charge in [-0.1, -0.05) is 11.6 Å². The van der Waals surface area contributed by atoms with Crippen molar-refractivity contribution in [1.29, 1.82) is 0 Å². The molecule has 0 bridgehead atoms. The minimum atomic E-state index is -0.851. The maximum atomic E-state index is 13.8. The second-order valence-corrected chi connectivity index (χ2v) is 6.42. The minimum absolute atomic E-state index is 0.0824. The lowest BCUT2D eigenvalue weighted by Gasteiger charge is -2.10. The molecule has 9 heteroatoms. The van der Waals surface area contributed by atoms with E-state index >= 15 is 0 Å². The van der Waals surface area contributed by atoms with Crippen LogP contribution in [0.15, 0.2) is 54.7 Å². The van der Waals surface area contributed by atoms with Crippen LogP contribution in [0.25, 0.3) is 22.2 Å². The first-order valence-electron chi connectivity index (χ1n) is 8.27. The molecule has 2 aromatic heterocycles. The highest BCUT2D eigenvalue weighted by Gasteiger charge is 2.15. The Balaban J connectivity index is 1.77. The van der Waals surface area contributed by atoms with Crippen LogP contribution in [0.1, 0.15) is 10.4 Å². The summed E-state index contributed by atoms with van der Waals surface area (Å²) in [6.45, 7) is 0. The van der Waals surface area contributed by atoms with Crippen molar-refractivity contribution in [2.45, 2.75) is 0 Å². The summed E-state index contributed by atoms with van der Waals surface area (Å²) < 4.78 is 32.3. The average Bonchev–Trinajstić information content (AvgIpc) is 2.70. The molecular formula is C20H11ClF2N4O2. The molecule has 6 nitrogen and oxygen atoms in total. The summed E-state index contributed by atoms with van der Waals surface area (Å²) in [5.41, 5.74) is 6.85. The first-order valence-corrected chi connectivity index (χ1v) is 8.65. The van der Waals surface area contributed by atoms with Gasteiger partial charge in [0.2, 0.25) is 11.8 Å². The van der Waals surface area contributed by atoms with E-state index in [9.17, 15) is 13.6 Å². The number of fused-ring (bicyclic) bond motifs is 1. The number of aromatic nitrogens is 3. The number of carbonyl (C=O) groups is 1. The zero-order valence-electron chi connectivity index (χ0n) is 14.6. The number of primary amides is 1. The van der Waals surface area contributed by atoms with E-state index in [1.165, 1.54) is 30.5 Å². The van der Waals surface area contributed by atoms with Gasteiger partial charge in [0, 0.05) is 28.6 Å². The molecule has 0 aliphatic rings. The zero-order chi connectivity index (χ0) is 20.5. The van der Waals surface area contributed by atoms with E-state index in [1.807, 2.05) is 0 Å². The van der Waals surface area contributed by atoms with E-state index in [2.05, 4.69) is 15.2 Å². The lowest BCUT2D eigenvalue weighted by molar-refractivity contribution is 0.100. The van der Waals surface area contributed by atoms with Crippen LogP contribution < -0.4 is 10.5 Å². The molecule has 144 valence electrons. The maximum absolute atomic E-state index is 13.8. The molecule has 0 spiro atoms. The third-order valence-corrected chi connectivity index (χ3v) is 4.44. The maximum Gasteiger partial charge on any atom is 0.248 e. The van der Waals surface area contributed by atoms with Crippen LogP contribution in [-0.2, 0) is 0 Å². The quantitative estimate of drug-likeness (QED) is 0.532. The highest BCUT2D eigenvalue weighted by Crippen LogP contribution is 2.33. The fourth-order valence-electron chi connectivity index (χ4n) is 2.74. The lowest BCUT2D eigenvalue weighted by Crippen LogP contribution is -2.10. The van der Waals surface area contributed by atoms with E-state index in [0.29, 0.717) is 33.2 Å². The molecule has 2 heterocycles. The average molecular weight is 413 g/mol. The van der Waals surface area contributed by atoms with Crippen LogP contribution in [0.3, 0.4) is 0 Å². The smallest absolute Gasteiger partial charge is 0.248 e. The van der Waals surface area contributed by atoms with Crippen molar-refractivity contribution >= 4 is 28.4 Å². The standard InChI is InChI=1S/C20H11ClF2N4O2/c21-14-4-1-10(20(24)28)7-13(14)19-12-3-6-18(26-16(12)9-25-27-19)29-17-5-2-11(22)8-15(17)23/h1-9H,(H2,24,28). The van der Waals surface area contributed by atoms with Gasteiger partial charge < -0.3 is 10.5 Å². The van der Waals surface area contributed by atoms with Crippen LogP contribution in [-0.4, -0.2) is 21.1 Å². The Bertz CT molecular complexity index is 1270. The van der Waals surface area contributed by atoms with E-state index in [0.717, 1.165) is 6.07 Å². The summed E-state index contributed by atoms with van der Waals surface area (Å²) in [5, 5.41) is 8.95. The zero-order valence-corrected chi connectivity index (χ0v) is 15.3. The number of hydrogen-bond acceptors (Lipinski definition) is 5. The molecule has 4 aromatic rings. The largest absolute Gasteiger partial charge is 0.436 e. The first kappa shape index (κ1) is 18.7. The highest BCUT2D eigenvalue weighted by molar-refractivity contribution is 6.33. The second kappa shape index (κ2) is 7.40. The second-order valence-electron chi connectivity index (χ2n) is 6.01. The van der Waals surface area contributed by atoms with Crippen molar-refractivity contribution in [1.82, 2.24) is 15.2 Å². The summed E-state index contributed by atoms with van der Waals surface area (Å²) in [5.74, 6) is -2.25. The Labute approximate surface area is 167 Å². The molecule has 0 saturated heterocycles. The summed E-state index contributed by atoms with van der Waals surface area (Å²) >= 11 is 6.27. The van der Waals surface area contributed by atoms with Crippen molar-refractivity contribution in [2.24, 2.45) is 5.73 Å². The van der Waals surface area contributed by atoms with E-state index < -0.39 is 17.5 Å². The molecule has 0 aliphatic heterocycles. The van der Waals surface area contributed by atoms with Crippen molar-refractivity contribution in [3.8, 4) is 22.9 Å². The third-order valence-electron chi connectivity index (χ3n) is 4.11. The number of pyridine rings is 1. The van der Waals surface area contributed by atoms with E-state index in [-0.39, 0.29) is 17.2 Å². The number of hydrogen-bond donors (Lipinski definition) is 1. The normalized spacial score (nSPS) is 10.9. The van der Waals surface area contributed by atoms with Crippen molar-refractivity contribution in [2.75, 3.05) is 0 Å². The molecular weight excluding hydrogens is 402 g/mol. The molecule has 29 heavy (non-hydrogen) atoms. The number of nitrogens with two attached hydrogens (primary N) is 1. The van der Waals surface area contributed by atoms with Gasteiger partial charge >= 0.3 is 0 Å². The molecule has 2 aromatic carbocycles. The Kier molecular flexibility index (Phi) is 4.77. The van der Waals surface area contributed by atoms with Gasteiger partial charge in [-0.15, -0.1) is 5.10 Å². The molecule has 0 radical (unpaired) electrons. The van der Waals surface area contributed by atoms with Crippen molar-refractivity contribution in [3.05, 3.63) is 76.9 Å². The van der Waals surface area contributed by atoms with Gasteiger partial charge in [-0.25, -0.2) is 13.8 Å². The summed E-state index contributed by atoms with van der Waals surface area (Å²) in [4.78, 5) is 15.8. The Morgan fingerprint density at radius 3 is 2.66 bits per heavy atom. The van der Waals surface area contributed by atoms with Crippen LogP contribution in [0, 0.1) is 11.6 Å². The molecule has 4 rings (SSSR count). The van der Waals surface area contributed by atoms with Gasteiger partial charge in [0.05, 0.1) is 16.7 Å². The highest BCUT2D eigenvalue weighted by atomic mass is 35.5. The molecule has 0 fully saturated rings. The first-order chi connectivity index (χ1) is 13.9. The number of carbonyl (C=O) groups excluding carboxylic acids is 1. The predicted octanol–water partition coefficient (Wildman–Crippen LogP) is 4.51. The molecule has 0 atom stereocenters. The van der Waals surface area contributed by atoms with E-state index in [1.54, 1.807) is 12.1 Å². The predicted molar refractivity (Wildman–Crippen MR) is 103 cm³/mol. The number of halogens is 3. The lowest BCUT2D eigenvalue weighted by atomic mass is 10.0. The van der Waals surface area contributed by atoms with E-state index in [4.69, 9.17) is 22.1 Å². The molecule has 0 saturated carbocycles. The molecule has 0 aliphatic carbocycles. The summed E-state index contributed by atoms with van der Waals surface area (Å²) in [6, 6.07) is 10.7. The monoisotopic (exact) mass is 412 g/mol. The van der Waals surface area contributed by atoms with Crippen molar-refractivity contribution in [3.63, 3.8) is 0 Å². The minimum Gasteiger partial charge on any atom is -0.436 e. The van der Waals surface area contributed by atoms with Crippen molar-refractivity contribution < 1.29 is 18.3 Å². The third kappa shape index (κ3) is 3.70. The SMILES string of the molecule is NC(=O)c1ccc(Cl)c(-c2nncc3nc(Oc4ccc(F)cc4F)ccc23)c1. The molecule has 1 amide bonds. The summed E-state index contributed by atoms with van der Waals surface area (Å²) in [6.07, 6.45) is 1.40. The van der Waals surface area contributed by atoms with Crippen LogP contribution in [0.5, 0.6) is 11.6 Å². The van der Waals surface area contributed by atoms with Crippen LogP contribution in [0.4, 0.5) is 8.78 Å². The molecule has 0 unspecified atom stereocenters. The Morgan fingerprint density at radius 2 is 1.90 bits per heavy atom. The number of ether oxygens (including phenoxy) is 1. The summed E-state index contributed by atoms with van der Waals surface area (Å²) in [7, 11) is 0. The molecule has 2 N–H and O–H groups in total. The Morgan fingerprint density at radius 1 is 1.07 bits per heavy atom. The van der Waals surface area contributed by atoms with Gasteiger partial charge in [0.15, 0.2) is 11.6 Å². The Hall–Kier alpha value is -3.65. The van der Waals surface area contributed by atoms with Crippen LogP contribution >= 0.6 is 11.6 Å². The fraction of sp³-hybridized carbons (Fsp3) is 0. The number of rotatable bonds is 4. The topological polar surface area (TPSA) is 91.0 Å². The number of benzene rings is 2. The van der Waals surface area contributed by atoms with Gasteiger partial charge in [-0.05, 0) is 36.4 Å². The van der Waals surface area contributed by atoms with Gasteiger partial charge in [0.25, 0.3) is 0 Å². The van der Waals surface area contributed by atoms with Gasteiger partial charge in [-0.3, -0.25) is 4.79 Å².